The molecule has 0 bridgehead atoms. The van der Waals surface area contributed by atoms with Gasteiger partial charge in [-0.1, -0.05) is 15.9 Å². The first kappa shape index (κ1) is 15.0. The highest BCUT2D eigenvalue weighted by atomic mass is 79.9. The van der Waals surface area contributed by atoms with E-state index in [0.717, 1.165) is 23.2 Å². The number of amides is 1. The maximum atomic E-state index is 11.4. The SMILES string of the molecule is COCCC(=O)Nc1ccc(OCCCBr)cc1. The number of rotatable bonds is 8. The molecule has 18 heavy (non-hydrogen) atoms. The summed E-state index contributed by atoms with van der Waals surface area (Å²) in [7, 11) is 1.58. The fourth-order valence-electron chi connectivity index (χ4n) is 1.30. The quantitative estimate of drug-likeness (QED) is 0.592. The van der Waals surface area contributed by atoms with E-state index in [1.165, 1.54) is 0 Å². The molecule has 0 saturated carbocycles. The molecule has 1 N–H and O–H groups in total. The van der Waals surface area contributed by atoms with E-state index in [4.69, 9.17) is 9.47 Å². The molecule has 0 radical (unpaired) electrons. The molecule has 0 saturated heterocycles. The topological polar surface area (TPSA) is 47.6 Å². The van der Waals surface area contributed by atoms with Crippen molar-refractivity contribution in [2.24, 2.45) is 0 Å². The molecule has 0 aliphatic carbocycles. The van der Waals surface area contributed by atoms with Crippen LogP contribution in [-0.4, -0.2) is 31.6 Å². The third-order valence-electron chi connectivity index (χ3n) is 2.22. The van der Waals surface area contributed by atoms with Gasteiger partial charge in [0, 0.05) is 18.1 Å². The maximum absolute atomic E-state index is 11.4. The fraction of sp³-hybridized carbons (Fsp3) is 0.462. The van der Waals surface area contributed by atoms with Gasteiger partial charge >= 0.3 is 0 Å². The number of nitrogens with one attached hydrogen (secondary N) is 1. The van der Waals surface area contributed by atoms with Gasteiger partial charge in [0.25, 0.3) is 0 Å². The van der Waals surface area contributed by atoms with Gasteiger partial charge in [-0.05, 0) is 30.7 Å². The number of ether oxygens (including phenoxy) is 2. The van der Waals surface area contributed by atoms with Crippen molar-refractivity contribution >= 4 is 27.5 Å². The van der Waals surface area contributed by atoms with Gasteiger partial charge in [-0.2, -0.15) is 0 Å². The molecule has 0 aromatic heterocycles. The van der Waals surface area contributed by atoms with Crippen LogP contribution in [0.2, 0.25) is 0 Å². The summed E-state index contributed by atoms with van der Waals surface area (Å²) in [5, 5.41) is 3.72. The van der Waals surface area contributed by atoms with Gasteiger partial charge in [0.05, 0.1) is 19.6 Å². The summed E-state index contributed by atoms with van der Waals surface area (Å²) in [6.45, 7) is 1.12. The van der Waals surface area contributed by atoms with Crippen LogP contribution in [0.3, 0.4) is 0 Å². The average Bonchev–Trinajstić information content (AvgIpc) is 2.39. The number of carbonyl (C=O) groups is 1. The Morgan fingerprint density at radius 3 is 2.61 bits per heavy atom. The number of anilines is 1. The summed E-state index contributed by atoms with van der Waals surface area (Å²) >= 11 is 3.34. The van der Waals surface area contributed by atoms with Gasteiger partial charge < -0.3 is 14.8 Å². The van der Waals surface area contributed by atoms with Crippen LogP contribution in [-0.2, 0) is 9.53 Å². The van der Waals surface area contributed by atoms with Gasteiger partial charge in [-0.15, -0.1) is 0 Å². The minimum Gasteiger partial charge on any atom is -0.494 e. The molecule has 1 rings (SSSR count). The second-order valence-corrected chi connectivity index (χ2v) is 4.50. The van der Waals surface area contributed by atoms with Crippen LogP contribution >= 0.6 is 15.9 Å². The number of methoxy groups -OCH3 is 1. The normalized spacial score (nSPS) is 10.1. The zero-order valence-corrected chi connectivity index (χ0v) is 12.0. The summed E-state index contributed by atoms with van der Waals surface area (Å²) in [5.41, 5.74) is 0.768. The van der Waals surface area contributed by atoms with E-state index >= 15 is 0 Å². The molecule has 1 aromatic carbocycles. The molecule has 1 aromatic rings. The predicted octanol–water partition coefficient (Wildman–Crippen LogP) is 2.83. The van der Waals surface area contributed by atoms with Crippen LogP contribution < -0.4 is 10.1 Å². The minimum absolute atomic E-state index is 0.0511. The second kappa shape index (κ2) is 8.94. The lowest BCUT2D eigenvalue weighted by Crippen LogP contribution is -2.13. The van der Waals surface area contributed by atoms with E-state index in [0.29, 0.717) is 19.6 Å². The lowest BCUT2D eigenvalue weighted by molar-refractivity contribution is -0.117. The third-order valence-corrected chi connectivity index (χ3v) is 2.78. The van der Waals surface area contributed by atoms with Gasteiger partial charge in [0.15, 0.2) is 0 Å². The number of alkyl halides is 1. The molecule has 0 unspecified atom stereocenters. The molecule has 1 amide bonds. The summed E-state index contributed by atoms with van der Waals surface area (Å²) in [6.07, 6.45) is 1.33. The van der Waals surface area contributed by atoms with Gasteiger partial charge in [-0.3, -0.25) is 4.79 Å². The highest BCUT2D eigenvalue weighted by Crippen LogP contribution is 2.16. The van der Waals surface area contributed by atoms with Crippen molar-refractivity contribution in [2.45, 2.75) is 12.8 Å². The van der Waals surface area contributed by atoms with Crippen molar-refractivity contribution in [3.05, 3.63) is 24.3 Å². The Morgan fingerprint density at radius 1 is 1.28 bits per heavy atom. The molecule has 0 atom stereocenters. The molecule has 0 fully saturated rings. The van der Waals surface area contributed by atoms with E-state index in [1.54, 1.807) is 7.11 Å². The van der Waals surface area contributed by atoms with E-state index in [1.807, 2.05) is 24.3 Å². The first-order valence-electron chi connectivity index (χ1n) is 5.84. The van der Waals surface area contributed by atoms with Crippen LogP contribution in [0.4, 0.5) is 5.69 Å². The highest BCUT2D eigenvalue weighted by molar-refractivity contribution is 9.09. The van der Waals surface area contributed by atoms with Crippen molar-refractivity contribution in [3.8, 4) is 5.75 Å². The highest BCUT2D eigenvalue weighted by Gasteiger charge is 2.02. The first-order valence-corrected chi connectivity index (χ1v) is 6.96. The summed E-state index contributed by atoms with van der Waals surface area (Å²) in [4.78, 5) is 11.4. The summed E-state index contributed by atoms with van der Waals surface area (Å²) in [5.74, 6) is 0.760. The lowest BCUT2D eigenvalue weighted by Gasteiger charge is -2.07. The summed E-state index contributed by atoms with van der Waals surface area (Å²) < 4.78 is 10.3. The zero-order valence-electron chi connectivity index (χ0n) is 10.4. The minimum atomic E-state index is -0.0511. The zero-order chi connectivity index (χ0) is 13.2. The maximum Gasteiger partial charge on any atom is 0.226 e. The number of hydrogen-bond acceptors (Lipinski definition) is 3. The van der Waals surface area contributed by atoms with Gasteiger partial charge in [0.2, 0.25) is 5.91 Å². The Morgan fingerprint density at radius 2 is 2.00 bits per heavy atom. The molecular weight excluding hydrogens is 298 g/mol. The first-order chi connectivity index (χ1) is 8.76. The smallest absolute Gasteiger partial charge is 0.226 e. The molecule has 4 nitrogen and oxygen atoms in total. The predicted molar refractivity (Wildman–Crippen MR) is 75.5 cm³/mol. The van der Waals surface area contributed by atoms with Crippen molar-refractivity contribution in [1.29, 1.82) is 0 Å². The van der Waals surface area contributed by atoms with Crippen molar-refractivity contribution in [2.75, 3.05) is 31.0 Å². The van der Waals surface area contributed by atoms with E-state index in [-0.39, 0.29) is 5.91 Å². The Hall–Kier alpha value is -1.07. The van der Waals surface area contributed by atoms with Crippen molar-refractivity contribution in [3.63, 3.8) is 0 Å². The molecule has 0 aliphatic rings. The average molecular weight is 316 g/mol. The largest absolute Gasteiger partial charge is 0.494 e. The Bertz CT molecular complexity index is 354. The molecule has 0 aliphatic heterocycles. The second-order valence-electron chi connectivity index (χ2n) is 3.71. The molecular formula is C13H18BrNO3. The van der Waals surface area contributed by atoms with Gasteiger partial charge in [-0.25, -0.2) is 0 Å². The monoisotopic (exact) mass is 315 g/mol. The molecule has 0 spiro atoms. The fourth-order valence-corrected chi connectivity index (χ4v) is 1.53. The van der Waals surface area contributed by atoms with Crippen LogP contribution in [0.25, 0.3) is 0 Å². The molecule has 5 heteroatoms. The Kier molecular flexibility index (Phi) is 7.44. The molecule has 100 valence electrons. The number of carbonyl (C=O) groups excluding carboxylic acids is 1. The standard InChI is InChI=1S/C13H18BrNO3/c1-17-10-7-13(16)15-11-3-5-12(6-4-11)18-9-2-8-14/h3-6H,2,7-10H2,1H3,(H,15,16). The van der Waals surface area contributed by atoms with E-state index in [2.05, 4.69) is 21.2 Å². The van der Waals surface area contributed by atoms with Gasteiger partial charge in [0.1, 0.15) is 5.75 Å². The van der Waals surface area contributed by atoms with Crippen LogP contribution in [0.1, 0.15) is 12.8 Å². The van der Waals surface area contributed by atoms with Crippen molar-refractivity contribution in [1.82, 2.24) is 0 Å². The van der Waals surface area contributed by atoms with E-state index < -0.39 is 0 Å². The number of hydrogen-bond donors (Lipinski definition) is 1. The van der Waals surface area contributed by atoms with Crippen LogP contribution in [0.15, 0.2) is 24.3 Å². The van der Waals surface area contributed by atoms with Crippen LogP contribution in [0, 0.1) is 0 Å². The summed E-state index contributed by atoms with van der Waals surface area (Å²) in [6, 6.07) is 7.35. The third kappa shape index (κ3) is 6.02. The molecule has 0 heterocycles. The van der Waals surface area contributed by atoms with E-state index in [9.17, 15) is 4.79 Å². The number of halogens is 1. The Labute approximate surface area is 116 Å². The van der Waals surface area contributed by atoms with Crippen LogP contribution in [0.5, 0.6) is 5.75 Å². The lowest BCUT2D eigenvalue weighted by atomic mass is 10.3. The van der Waals surface area contributed by atoms with Crippen molar-refractivity contribution < 1.29 is 14.3 Å². The Balaban J connectivity index is 2.37. The number of benzene rings is 1.